The summed E-state index contributed by atoms with van der Waals surface area (Å²) in [4.78, 5) is 0. The van der Waals surface area contributed by atoms with Gasteiger partial charge in [-0.2, -0.15) is 5.10 Å². The van der Waals surface area contributed by atoms with Gasteiger partial charge >= 0.3 is 0 Å². The smallest absolute Gasteiger partial charge is 0.0604 e. The molecule has 0 aliphatic rings. The highest BCUT2D eigenvalue weighted by Crippen LogP contribution is 2.19. The lowest BCUT2D eigenvalue weighted by Gasteiger charge is -2.17. The predicted octanol–water partition coefficient (Wildman–Crippen LogP) is 3.28. The summed E-state index contributed by atoms with van der Waals surface area (Å²) >= 11 is 0. The fourth-order valence-corrected chi connectivity index (χ4v) is 2.23. The van der Waals surface area contributed by atoms with Crippen LogP contribution in [0.5, 0.6) is 0 Å². The van der Waals surface area contributed by atoms with Gasteiger partial charge in [-0.3, -0.25) is 4.68 Å². The van der Waals surface area contributed by atoms with E-state index >= 15 is 0 Å². The van der Waals surface area contributed by atoms with Crippen LogP contribution in [-0.4, -0.2) is 16.8 Å². The zero-order valence-corrected chi connectivity index (χ0v) is 12.2. The maximum absolute atomic E-state index is 4.45. The maximum Gasteiger partial charge on any atom is 0.0604 e. The van der Waals surface area contributed by atoms with E-state index in [2.05, 4.69) is 48.5 Å². The minimum Gasteiger partial charge on any atom is -0.311 e. The predicted molar refractivity (Wildman–Crippen MR) is 79.3 cm³/mol. The van der Waals surface area contributed by atoms with Crippen molar-refractivity contribution in [3.05, 3.63) is 53.3 Å². The molecule has 0 saturated carbocycles. The van der Waals surface area contributed by atoms with Gasteiger partial charge in [0.15, 0.2) is 0 Å². The molecule has 1 aromatic carbocycles. The third-order valence-corrected chi connectivity index (χ3v) is 3.50. The van der Waals surface area contributed by atoms with Crippen LogP contribution in [0.4, 0.5) is 0 Å². The Labute approximate surface area is 115 Å². The molecule has 19 heavy (non-hydrogen) atoms. The van der Waals surface area contributed by atoms with Gasteiger partial charge in [-0.05, 0) is 37.1 Å². The third kappa shape index (κ3) is 3.44. The van der Waals surface area contributed by atoms with Crippen molar-refractivity contribution in [1.82, 2.24) is 15.1 Å². The molecule has 0 aliphatic heterocycles. The Morgan fingerprint density at radius 1 is 1.11 bits per heavy atom. The van der Waals surface area contributed by atoms with Crippen LogP contribution < -0.4 is 5.32 Å². The molecule has 0 radical (unpaired) electrons. The van der Waals surface area contributed by atoms with Gasteiger partial charge in [0.2, 0.25) is 0 Å². The third-order valence-electron chi connectivity index (χ3n) is 3.50. The van der Waals surface area contributed by atoms with Gasteiger partial charge in [0.1, 0.15) is 0 Å². The standard InChI is InChI=1S/C16H23N3/c1-12(2)14-5-7-15(8-6-14)16(17-4)11-19-10-9-13(3)18-19/h5-10,12,16-17H,11H2,1-4H3. The van der Waals surface area contributed by atoms with E-state index in [0.717, 1.165) is 12.2 Å². The number of aromatic nitrogens is 2. The summed E-state index contributed by atoms with van der Waals surface area (Å²) in [5.41, 5.74) is 3.75. The quantitative estimate of drug-likeness (QED) is 0.891. The number of hydrogen-bond acceptors (Lipinski definition) is 2. The average Bonchev–Trinajstić information content (AvgIpc) is 2.81. The number of nitrogens with one attached hydrogen (secondary N) is 1. The second kappa shape index (κ2) is 6.02. The Morgan fingerprint density at radius 3 is 2.21 bits per heavy atom. The fourth-order valence-electron chi connectivity index (χ4n) is 2.23. The van der Waals surface area contributed by atoms with Crippen molar-refractivity contribution < 1.29 is 0 Å². The molecule has 1 aromatic heterocycles. The van der Waals surface area contributed by atoms with Gasteiger partial charge in [0.05, 0.1) is 18.3 Å². The summed E-state index contributed by atoms with van der Waals surface area (Å²) in [5.74, 6) is 0.579. The first-order valence-corrected chi connectivity index (χ1v) is 6.87. The Balaban J connectivity index is 2.12. The molecule has 3 heteroatoms. The zero-order valence-electron chi connectivity index (χ0n) is 12.2. The van der Waals surface area contributed by atoms with E-state index in [-0.39, 0.29) is 0 Å². The summed E-state index contributed by atoms with van der Waals surface area (Å²) in [6.45, 7) is 7.31. The minimum atomic E-state index is 0.292. The summed E-state index contributed by atoms with van der Waals surface area (Å²) in [7, 11) is 2.00. The monoisotopic (exact) mass is 257 g/mol. The second-order valence-corrected chi connectivity index (χ2v) is 5.34. The van der Waals surface area contributed by atoms with Crippen LogP contribution in [0, 0.1) is 6.92 Å². The number of rotatable bonds is 5. The molecule has 1 atom stereocenters. The second-order valence-electron chi connectivity index (χ2n) is 5.34. The molecule has 0 bridgehead atoms. The number of nitrogens with zero attached hydrogens (tertiary/aromatic N) is 2. The van der Waals surface area contributed by atoms with Gasteiger partial charge in [0.25, 0.3) is 0 Å². The normalized spacial score (nSPS) is 12.9. The van der Waals surface area contributed by atoms with Crippen molar-refractivity contribution in [1.29, 1.82) is 0 Å². The van der Waals surface area contributed by atoms with E-state index in [4.69, 9.17) is 0 Å². The van der Waals surface area contributed by atoms with Crippen molar-refractivity contribution in [3.63, 3.8) is 0 Å². The number of benzene rings is 1. The Hall–Kier alpha value is -1.61. The molecule has 3 nitrogen and oxygen atoms in total. The van der Waals surface area contributed by atoms with E-state index in [1.165, 1.54) is 11.1 Å². The molecule has 0 spiro atoms. The summed E-state index contributed by atoms with van der Waals surface area (Å²) < 4.78 is 1.99. The molecule has 0 amide bonds. The van der Waals surface area contributed by atoms with Crippen LogP contribution in [0.1, 0.15) is 42.6 Å². The van der Waals surface area contributed by atoms with E-state index in [9.17, 15) is 0 Å². The van der Waals surface area contributed by atoms with Gasteiger partial charge in [0, 0.05) is 6.20 Å². The molecular weight excluding hydrogens is 234 g/mol. The summed E-state index contributed by atoms with van der Waals surface area (Å²) in [5, 5.41) is 7.81. The van der Waals surface area contributed by atoms with Gasteiger partial charge in [-0.15, -0.1) is 0 Å². The molecule has 1 N–H and O–H groups in total. The molecule has 1 heterocycles. The van der Waals surface area contributed by atoms with Crippen molar-refractivity contribution in [2.75, 3.05) is 7.05 Å². The molecule has 2 aromatic rings. The van der Waals surface area contributed by atoms with E-state index in [1.54, 1.807) is 0 Å². The Kier molecular flexibility index (Phi) is 4.38. The van der Waals surface area contributed by atoms with Crippen molar-refractivity contribution in [2.24, 2.45) is 0 Å². The van der Waals surface area contributed by atoms with Gasteiger partial charge < -0.3 is 5.32 Å². The molecule has 102 valence electrons. The minimum absolute atomic E-state index is 0.292. The van der Waals surface area contributed by atoms with Crippen LogP contribution in [0.3, 0.4) is 0 Å². The fraction of sp³-hybridized carbons (Fsp3) is 0.438. The van der Waals surface area contributed by atoms with Crippen LogP contribution in [0.15, 0.2) is 36.5 Å². The highest BCUT2D eigenvalue weighted by molar-refractivity contribution is 5.26. The molecule has 0 fully saturated rings. The number of hydrogen-bond donors (Lipinski definition) is 1. The number of aryl methyl sites for hydroxylation is 1. The molecule has 2 rings (SSSR count). The zero-order chi connectivity index (χ0) is 13.8. The summed E-state index contributed by atoms with van der Waals surface area (Å²) in [6, 6.07) is 11.2. The van der Waals surface area contributed by atoms with Crippen LogP contribution in [0.25, 0.3) is 0 Å². The van der Waals surface area contributed by atoms with Crippen LogP contribution in [-0.2, 0) is 6.54 Å². The largest absolute Gasteiger partial charge is 0.311 e. The lowest BCUT2D eigenvalue weighted by molar-refractivity contribution is 0.466. The topological polar surface area (TPSA) is 29.9 Å². The van der Waals surface area contributed by atoms with E-state index in [0.29, 0.717) is 12.0 Å². The first-order chi connectivity index (χ1) is 9.10. The lowest BCUT2D eigenvalue weighted by atomic mass is 9.99. The molecular formula is C16H23N3. The van der Waals surface area contributed by atoms with E-state index < -0.39 is 0 Å². The average molecular weight is 257 g/mol. The molecule has 0 saturated heterocycles. The van der Waals surface area contributed by atoms with Crippen LogP contribution in [0.2, 0.25) is 0 Å². The van der Waals surface area contributed by atoms with Crippen molar-refractivity contribution >= 4 is 0 Å². The van der Waals surface area contributed by atoms with E-state index in [1.807, 2.05) is 30.9 Å². The maximum atomic E-state index is 4.45. The van der Waals surface area contributed by atoms with Gasteiger partial charge in [-0.1, -0.05) is 38.1 Å². The highest BCUT2D eigenvalue weighted by atomic mass is 15.3. The van der Waals surface area contributed by atoms with Crippen molar-refractivity contribution in [2.45, 2.75) is 39.3 Å². The van der Waals surface area contributed by atoms with Crippen LogP contribution >= 0.6 is 0 Å². The first-order valence-electron chi connectivity index (χ1n) is 6.87. The molecule has 1 unspecified atom stereocenters. The highest BCUT2D eigenvalue weighted by Gasteiger charge is 2.11. The number of likely N-dealkylation sites (N-methyl/N-ethyl adjacent to an activating group) is 1. The van der Waals surface area contributed by atoms with Crippen molar-refractivity contribution in [3.8, 4) is 0 Å². The first kappa shape index (κ1) is 13.8. The molecule has 0 aliphatic carbocycles. The lowest BCUT2D eigenvalue weighted by Crippen LogP contribution is -2.22. The SMILES string of the molecule is CNC(Cn1ccc(C)n1)c1ccc(C(C)C)cc1. The Bertz CT molecular complexity index is 511. The van der Waals surface area contributed by atoms with Gasteiger partial charge in [-0.25, -0.2) is 0 Å². The Morgan fingerprint density at radius 2 is 1.74 bits per heavy atom. The summed E-state index contributed by atoms with van der Waals surface area (Å²) in [6.07, 6.45) is 2.03.